The van der Waals surface area contributed by atoms with E-state index < -0.39 is 24.2 Å². The van der Waals surface area contributed by atoms with Gasteiger partial charge in [0.2, 0.25) is 0 Å². The molecule has 1 aliphatic rings. The van der Waals surface area contributed by atoms with Crippen molar-refractivity contribution in [3.05, 3.63) is 59.2 Å². The quantitative estimate of drug-likeness (QED) is 0.736. The molecule has 0 spiro atoms. The fourth-order valence-electron chi connectivity index (χ4n) is 1.91. The number of rotatable bonds is 4. The molecule has 0 bridgehead atoms. The van der Waals surface area contributed by atoms with E-state index in [2.05, 4.69) is 5.32 Å². The zero-order valence-corrected chi connectivity index (χ0v) is 10.8. The maximum atomic E-state index is 11.3. The summed E-state index contributed by atoms with van der Waals surface area (Å²) in [5.41, 5.74) is 0.652. The smallest absolute Gasteiger partial charge is 0.325 e. The van der Waals surface area contributed by atoms with Crippen LogP contribution in [0.25, 0.3) is 0 Å². The van der Waals surface area contributed by atoms with Gasteiger partial charge in [-0.2, -0.15) is 0 Å². The van der Waals surface area contributed by atoms with Crippen LogP contribution in [0.15, 0.2) is 53.6 Å². The van der Waals surface area contributed by atoms with E-state index in [1.807, 2.05) is 6.07 Å². The molecule has 0 heterocycles. The number of carboxylic acid groups (broad SMARTS) is 1. The van der Waals surface area contributed by atoms with E-state index >= 15 is 0 Å². The fourth-order valence-corrected chi connectivity index (χ4v) is 2.17. The van der Waals surface area contributed by atoms with E-state index in [1.165, 1.54) is 6.08 Å². The van der Waals surface area contributed by atoms with Gasteiger partial charge in [-0.05, 0) is 11.6 Å². The second-order valence-electron chi connectivity index (χ2n) is 4.25. The van der Waals surface area contributed by atoms with E-state index in [1.54, 1.807) is 36.4 Å². The van der Waals surface area contributed by atoms with E-state index in [0.29, 0.717) is 10.6 Å². The van der Waals surface area contributed by atoms with E-state index in [9.17, 15) is 15.0 Å². The van der Waals surface area contributed by atoms with E-state index in [-0.39, 0.29) is 0 Å². The second kappa shape index (κ2) is 6.02. The summed E-state index contributed by atoms with van der Waals surface area (Å²) in [6.45, 7) is 0. The number of halogens is 1. The third kappa shape index (κ3) is 3.44. The van der Waals surface area contributed by atoms with Crippen molar-refractivity contribution < 1.29 is 15.0 Å². The van der Waals surface area contributed by atoms with Crippen LogP contribution in [0.4, 0.5) is 0 Å². The Morgan fingerprint density at radius 1 is 1.26 bits per heavy atom. The molecule has 3 N–H and O–H groups in total. The first-order chi connectivity index (χ1) is 9.08. The summed E-state index contributed by atoms with van der Waals surface area (Å²) in [4.78, 5) is 11.3. The molecule has 2 rings (SSSR count). The number of carboxylic acids is 1. The van der Waals surface area contributed by atoms with Crippen molar-refractivity contribution in [2.24, 2.45) is 0 Å². The minimum absolute atomic E-state index is 0.386. The summed E-state index contributed by atoms with van der Waals surface area (Å²) >= 11 is 6.01. The van der Waals surface area contributed by atoms with Gasteiger partial charge in [-0.25, -0.2) is 0 Å². The van der Waals surface area contributed by atoms with Crippen molar-refractivity contribution >= 4 is 17.6 Å². The summed E-state index contributed by atoms with van der Waals surface area (Å²) in [7, 11) is 0. The third-order valence-electron chi connectivity index (χ3n) is 2.85. The van der Waals surface area contributed by atoms with Crippen LogP contribution in [0, 0.1) is 0 Å². The number of hydrogen-bond acceptors (Lipinski definition) is 3. The molecular weight excluding hydrogens is 266 g/mol. The summed E-state index contributed by atoms with van der Waals surface area (Å²) in [6, 6.07) is 7.61. The van der Waals surface area contributed by atoms with Gasteiger partial charge in [0.05, 0.1) is 12.1 Å². The molecule has 19 heavy (non-hydrogen) atoms. The standard InChI is InChI=1S/C14H14ClNO3/c15-11-8-10(17)6-7-12(11)16-13(14(18)19)9-4-2-1-3-5-9/h1-8,10,12-13,16-17H,(H,18,19). The van der Waals surface area contributed by atoms with Crippen LogP contribution >= 0.6 is 11.6 Å². The Bertz CT molecular complexity index is 513. The van der Waals surface area contributed by atoms with Crippen molar-refractivity contribution in [2.75, 3.05) is 0 Å². The van der Waals surface area contributed by atoms with Gasteiger partial charge in [0.1, 0.15) is 6.04 Å². The molecule has 1 aromatic rings. The first-order valence-electron chi connectivity index (χ1n) is 5.85. The maximum absolute atomic E-state index is 11.3. The highest BCUT2D eigenvalue weighted by Crippen LogP contribution is 2.21. The topological polar surface area (TPSA) is 69.6 Å². The Kier molecular flexibility index (Phi) is 4.37. The third-order valence-corrected chi connectivity index (χ3v) is 3.21. The van der Waals surface area contributed by atoms with Gasteiger partial charge < -0.3 is 10.2 Å². The summed E-state index contributed by atoms with van der Waals surface area (Å²) in [6.07, 6.45) is 3.98. The minimum atomic E-state index is -0.977. The number of aliphatic carboxylic acids is 1. The number of nitrogens with one attached hydrogen (secondary N) is 1. The Hall–Kier alpha value is -1.62. The molecule has 3 atom stereocenters. The first kappa shape index (κ1) is 13.8. The van der Waals surface area contributed by atoms with Gasteiger partial charge in [0.25, 0.3) is 0 Å². The van der Waals surface area contributed by atoms with Gasteiger partial charge >= 0.3 is 5.97 Å². The lowest BCUT2D eigenvalue weighted by molar-refractivity contribution is -0.139. The summed E-state index contributed by atoms with van der Waals surface area (Å²) in [5.74, 6) is -0.977. The average Bonchev–Trinajstić information content (AvgIpc) is 2.38. The number of hydrogen-bond donors (Lipinski definition) is 3. The first-order valence-corrected chi connectivity index (χ1v) is 6.23. The normalized spacial score (nSPS) is 23.8. The van der Waals surface area contributed by atoms with Crippen LogP contribution in [-0.2, 0) is 4.79 Å². The van der Waals surface area contributed by atoms with Crippen molar-refractivity contribution in [2.45, 2.75) is 18.2 Å². The molecule has 0 aliphatic heterocycles. The van der Waals surface area contributed by atoms with Crippen LogP contribution in [0.1, 0.15) is 11.6 Å². The average molecular weight is 280 g/mol. The SMILES string of the molecule is O=C(O)C(NC1C=CC(O)C=C1Cl)c1ccccc1. The lowest BCUT2D eigenvalue weighted by Crippen LogP contribution is -2.37. The molecule has 1 aromatic carbocycles. The summed E-state index contributed by atoms with van der Waals surface area (Å²) < 4.78 is 0. The van der Waals surface area contributed by atoms with Crippen molar-refractivity contribution in [1.82, 2.24) is 5.32 Å². The summed E-state index contributed by atoms with van der Waals surface area (Å²) in [5, 5.41) is 22.0. The highest BCUT2D eigenvalue weighted by Gasteiger charge is 2.25. The monoisotopic (exact) mass is 279 g/mol. The Morgan fingerprint density at radius 2 is 1.95 bits per heavy atom. The number of aliphatic hydroxyl groups is 1. The Balaban J connectivity index is 2.17. The molecule has 0 amide bonds. The molecule has 4 nitrogen and oxygen atoms in total. The molecule has 5 heteroatoms. The molecule has 0 saturated heterocycles. The van der Waals surface area contributed by atoms with Crippen molar-refractivity contribution in [3.63, 3.8) is 0 Å². The molecule has 100 valence electrons. The van der Waals surface area contributed by atoms with Gasteiger partial charge in [-0.3, -0.25) is 10.1 Å². The maximum Gasteiger partial charge on any atom is 0.325 e. The highest BCUT2D eigenvalue weighted by molar-refractivity contribution is 6.30. The van der Waals surface area contributed by atoms with Crippen LogP contribution in [0.5, 0.6) is 0 Å². The number of carbonyl (C=O) groups is 1. The molecule has 0 saturated carbocycles. The van der Waals surface area contributed by atoms with Crippen molar-refractivity contribution in [1.29, 1.82) is 0 Å². The lowest BCUT2D eigenvalue weighted by Gasteiger charge is -2.23. The van der Waals surface area contributed by atoms with Crippen LogP contribution in [-0.4, -0.2) is 28.3 Å². The highest BCUT2D eigenvalue weighted by atomic mass is 35.5. The van der Waals surface area contributed by atoms with Crippen LogP contribution < -0.4 is 5.32 Å². The number of benzene rings is 1. The Morgan fingerprint density at radius 3 is 2.53 bits per heavy atom. The van der Waals surface area contributed by atoms with Crippen molar-refractivity contribution in [3.8, 4) is 0 Å². The van der Waals surface area contributed by atoms with E-state index in [4.69, 9.17) is 11.6 Å². The van der Waals surface area contributed by atoms with Gasteiger partial charge in [-0.15, -0.1) is 0 Å². The molecule has 0 radical (unpaired) electrons. The van der Waals surface area contributed by atoms with Crippen LogP contribution in [0.3, 0.4) is 0 Å². The van der Waals surface area contributed by atoms with Gasteiger partial charge in [0.15, 0.2) is 0 Å². The second-order valence-corrected chi connectivity index (χ2v) is 4.69. The molecule has 1 aliphatic carbocycles. The predicted octanol–water partition coefficient (Wildman–Crippen LogP) is 1.82. The lowest BCUT2D eigenvalue weighted by atomic mass is 10.0. The predicted molar refractivity (Wildman–Crippen MR) is 72.8 cm³/mol. The Labute approximate surface area is 116 Å². The van der Waals surface area contributed by atoms with Crippen LogP contribution in [0.2, 0.25) is 0 Å². The minimum Gasteiger partial charge on any atom is -0.480 e. The molecular formula is C14H14ClNO3. The van der Waals surface area contributed by atoms with Gasteiger partial charge in [0, 0.05) is 5.03 Å². The fraction of sp³-hybridized carbons (Fsp3) is 0.214. The number of aliphatic hydroxyl groups excluding tert-OH is 1. The molecule has 0 fully saturated rings. The molecule has 0 aromatic heterocycles. The zero-order chi connectivity index (χ0) is 13.8. The zero-order valence-electron chi connectivity index (χ0n) is 10.0. The largest absolute Gasteiger partial charge is 0.480 e. The van der Waals surface area contributed by atoms with E-state index in [0.717, 1.165) is 0 Å². The van der Waals surface area contributed by atoms with Gasteiger partial charge in [-0.1, -0.05) is 54.1 Å². The molecule has 3 unspecified atom stereocenters.